The Morgan fingerprint density at radius 1 is 1.41 bits per heavy atom. The highest BCUT2D eigenvalue weighted by atomic mass is 16.5. The average molecular weight is 236 g/mol. The van der Waals surface area contributed by atoms with Crippen LogP contribution in [-0.2, 0) is 11.2 Å². The van der Waals surface area contributed by atoms with Gasteiger partial charge in [0, 0.05) is 38.1 Å². The summed E-state index contributed by atoms with van der Waals surface area (Å²) in [6.45, 7) is 6.24. The first-order valence-electron chi connectivity index (χ1n) is 6.40. The summed E-state index contributed by atoms with van der Waals surface area (Å²) in [5.41, 5.74) is 1.16. The van der Waals surface area contributed by atoms with Crippen molar-refractivity contribution in [2.75, 3.05) is 20.3 Å². The lowest BCUT2D eigenvalue weighted by molar-refractivity contribution is 0.170. The number of nitrogens with one attached hydrogen (secondary N) is 1. The molecule has 0 amide bonds. The van der Waals surface area contributed by atoms with Crippen molar-refractivity contribution in [1.82, 2.24) is 10.3 Å². The number of pyridine rings is 1. The van der Waals surface area contributed by atoms with E-state index >= 15 is 0 Å². The molecule has 2 unspecified atom stereocenters. The summed E-state index contributed by atoms with van der Waals surface area (Å²) in [4.78, 5) is 4.39. The van der Waals surface area contributed by atoms with E-state index in [0.717, 1.165) is 31.7 Å². The fourth-order valence-electron chi connectivity index (χ4n) is 1.99. The number of likely N-dealkylation sites (N-methyl/N-ethyl adjacent to an activating group) is 1. The van der Waals surface area contributed by atoms with E-state index in [4.69, 9.17) is 4.74 Å². The second kappa shape index (κ2) is 8.20. The van der Waals surface area contributed by atoms with E-state index in [-0.39, 0.29) is 0 Å². The van der Waals surface area contributed by atoms with Crippen LogP contribution in [0.3, 0.4) is 0 Å². The highest BCUT2D eigenvalue weighted by Crippen LogP contribution is 2.12. The van der Waals surface area contributed by atoms with Crippen molar-refractivity contribution in [2.24, 2.45) is 5.92 Å². The molecule has 96 valence electrons. The molecule has 0 fully saturated rings. The summed E-state index contributed by atoms with van der Waals surface area (Å²) in [5, 5.41) is 3.54. The molecule has 1 aromatic heterocycles. The van der Waals surface area contributed by atoms with Crippen LogP contribution in [0.5, 0.6) is 0 Å². The van der Waals surface area contributed by atoms with Gasteiger partial charge in [-0.15, -0.1) is 0 Å². The maximum absolute atomic E-state index is 5.15. The van der Waals surface area contributed by atoms with E-state index < -0.39 is 0 Å². The van der Waals surface area contributed by atoms with Crippen LogP contribution in [0.2, 0.25) is 0 Å². The fraction of sp³-hybridized carbons (Fsp3) is 0.643. The van der Waals surface area contributed by atoms with Gasteiger partial charge in [0.2, 0.25) is 0 Å². The molecule has 1 aromatic rings. The molecule has 1 rings (SSSR count). The smallest absolute Gasteiger partial charge is 0.0465 e. The highest BCUT2D eigenvalue weighted by molar-refractivity contribution is 5.05. The number of nitrogens with zero attached hydrogens (tertiary/aromatic N) is 1. The van der Waals surface area contributed by atoms with Crippen molar-refractivity contribution in [3.63, 3.8) is 0 Å². The molecular formula is C14H24N2O. The largest absolute Gasteiger partial charge is 0.385 e. The fourth-order valence-corrected chi connectivity index (χ4v) is 1.99. The van der Waals surface area contributed by atoms with Gasteiger partial charge < -0.3 is 10.1 Å². The summed E-state index contributed by atoms with van der Waals surface area (Å²) >= 11 is 0. The zero-order valence-corrected chi connectivity index (χ0v) is 11.1. The van der Waals surface area contributed by atoms with Gasteiger partial charge in [-0.1, -0.05) is 19.9 Å². The van der Waals surface area contributed by atoms with Crippen LogP contribution in [0.25, 0.3) is 0 Å². The lowest BCUT2D eigenvalue weighted by Gasteiger charge is -2.24. The lowest BCUT2D eigenvalue weighted by Crippen LogP contribution is -2.37. The Balaban J connectivity index is 2.53. The summed E-state index contributed by atoms with van der Waals surface area (Å²) in [6, 6.07) is 6.57. The first-order chi connectivity index (χ1) is 8.27. The molecule has 1 heterocycles. The van der Waals surface area contributed by atoms with Crippen molar-refractivity contribution < 1.29 is 4.74 Å². The van der Waals surface area contributed by atoms with E-state index in [0.29, 0.717) is 12.0 Å². The summed E-state index contributed by atoms with van der Waals surface area (Å²) in [7, 11) is 1.76. The van der Waals surface area contributed by atoms with Gasteiger partial charge in [-0.05, 0) is 31.0 Å². The zero-order chi connectivity index (χ0) is 12.5. The number of methoxy groups -OCH3 is 1. The van der Waals surface area contributed by atoms with Gasteiger partial charge in [0.05, 0.1) is 0 Å². The van der Waals surface area contributed by atoms with Crippen LogP contribution in [0.15, 0.2) is 24.4 Å². The van der Waals surface area contributed by atoms with Crippen LogP contribution in [0.4, 0.5) is 0 Å². The first kappa shape index (κ1) is 14.1. The predicted octanol–water partition coefficient (Wildman–Crippen LogP) is 2.27. The minimum atomic E-state index is 0.477. The van der Waals surface area contributed by atoms with Crippen molar-refractivity contribution in [1.29, 1.82) is 0 Å². The predicted molar refractivity (Wildman–Crippen MR) is 71.1 cm³/mol. The first-order valence-corrected chi connectivity index (χ1v) is 6.40. The van der Waals surface area contributed by atoms with Gasteiger partial charge in [0.15, 0.2) is 0 Å². The topological polar surface area (TPSA) is 34.2 Å². The molecule has 0 radical (unpaired) electrons. The van der Waals surface area contributed by atoms with E-state index in [1.807, 2.05) is 18.3 Å². The average Bonchev–Trinajstić information content (AvgIpc) is 2.36. The molecular weight excluding hydrogens is 212 g/mol. The Hall–Kier alpha value is -0.930. The third kappa shape index (κ3) is 5.29. The molecule has 3 nitrogen and oxygen atoms in total. The van der Waals surface area contributed by atoms with Gasteiger partial charge in [-0.2, -0.15) is 0 Å². The highest BCUT2D eigenvalue weighted by Gasteiger charge is 2.16. The van der Waals surface area contributed by atoms with Crippen LogP contribution < -0.4 is 5.32 Å². The third-order valence-corrected chi connectivity index (χ3v) is 3.09. The van der Waals surface area contributed by atoms with Crippen LogP contribution in [0, 0.1) is 5.92 Å². The number of ether oxygens (including phenoxy) is 1. The van der Waals surface area contributed by atoms with Crippen LogP contribution in [-0.4, -0.2) is 31.3 Å². The zero-order valence-electron chi connectivity index (χ0n) is 11.1. The maximum atomic E-state index is 5.15. The van der Waals surface area contributed by atoms with Crippen molar-refractivity contribution in [3.8, 4) is 0 Å². The Morgan fingerprint density at radius 2 is 2.24 bits per heavy atom. The Labute approximate surface area is 105 Å². The van der Waals surface area contributed by atoms with Gasteiger partial charge in [-0.25, -0.2) is 0 Å². The monoisotopic (exact) mass is 236 g/mol. The molecule has 17 heavy (non-hydrogen) atoms. The maximum Gasteiger partial charge on any atom is 0.0465 e. The summed E-state index contributed by atoms with van der Waals surface area (Å²) < 4.78 is 5.15. The third-order valence-electron chi connectivity index (χ3n) is 3.09. The van der Waals surface area contributed by atoms with Crippen LogP contribution >= 0.6 is 0 Å². The molecule has 0 aromatic carbocycles. The van der Waals surface area contributed by atoms with E-state index in [1.54, 1.807) is 7.11 Å². The van der Waals surface area contributed by atoms with E-state index in [9.17, 15) is 0 Å². The molecule has 0 aliphatic rings. The lowest BCUT2D eigenvalue weighted by atomic mass is 9.94. The Bertz CT molecular complexity index is 290. The molecule has 2 atom stereocenters. The van der Waals surface area contributed by atoms with Crippen LogP contribution in [0.1, 0.15) is 26.0 Å². The SMILES string of the molecule is CCNC(Cc1ccccn1)C(C)CCOC. The second-order valence-electron chi connectivity index (χ2n) is 4.45. The molecule has 0 saturated heterocycles. The molecule has 0 aliphatic carbocycles. The van der Waals surface area contributed by atoms with Crippen molar-refractivity contribution in [3.05, 3.63) is 30.1 Å². The van der Waals surface area contributed by atoms with Crippen molar-refractivity contribution >= 4 is 0 Å². The Kier molecular flexibility index (Phi) is 6.82. The number of hydrogen-bond acceptors (Lipinski definition) is 3. The summed E-state index contributed by atoms with van der Waals surface area (Å²) in [5.74, 6) is 0.594. The molecule has 0 spiro atoms. The second-order valence-corrected chi connectivity index (χ2v) is 4.45. The number of aromatic nitrogens is 1. The minimum Gasteiger partial charge on any atom is -0.385 e. The Morgan fingerprint density at radius 3 is 2.82 bits per heavy atom. The summed E-state index contributed by atoms with van der Waals surface area (Å²) in [6.07, 6.45) is 3.93. The standard InChI is InChI=1S/C14H24N2O/c1-4-15-14(12(2)8-10-17-3)11-13-7-5-6-9-16-13/h5-7,9,12,14-15H,4,8,10-11H2,1-3H3. The minimum absolute atomic E-state index is 0.477. The van der Waals surface area contributed by atoms with Gasteiger partial charge in [0.1, 0.15) is 0 Å². The van der Waals surface area contributed by atoms with Gasteiger partial charge in [0.25, 0.3) is 0 Å². The number of hydrogen-bond donors (Lipinski definition) is 1. The van der Waals surface area contributed by atoms with Crippen molar-refractivity contribution in [2.45, 2.75) is 32.7 Å². The molecule has 0 bridgehead atoms. The molecule has 1 N–H and O–H groups in total. The van der Waals surface area contributed by atoms with E-state index in [1.165, 1.54) is 0 Å². The quantitative estimate of drug-likeness (QED) is 0.752. The molecule has 0 saturated carbocycles. The molecule has 0 aliphatic heterocycles. The normalized spacial score (nSPS) is 14.5. The van der Waals surface area contributed by atoms with Gasteiger partial charge in [-0.3, -0.25) is 4.98 Å². The molecule has 3 heteroatoms. The van der Waals surface area contributed by atoms with Gasteiger partial charge >= 0.3 is 0 Å². The van der Waals surface area contributed by atoms with E-state index in [2.05, 4.69) is 30.2 Å². The number of rotatable bonds is 8.